The summed E-state index contributed by atoms with van der Waals surface area (Å²) in [5.41, 5.74) is 8.73. The predicted molar refractivity (Wildman–Crippen MR) is 78.6 cm³/mol. The van der Waals surface area contributed by atoms with Gasteiger partial charge in [-0.05, 0) is 24.3 Å². The van der Waals surface area contributed by atoms with Crippen LogP contribution in [0.25, 0.3) is 16.7 Å². The molecule has 1 heterocycles. The highest BCUT2D eigenvalue weighted by molar-refractivity contribution is 5.81. The Bertz CT molecular complexity index is 765. The lowest BCUT2D eigenvalue weighted by molar-refractivity contribution is 0.355. The van der Waals surface area contributed by atoms with Gasteiger partial charge in [-0.2, -0.15) is 0 Å². The Hall–Kier alpha value is -2.69. The number of nitrogen functional groups attached to an aromatic ring is 1. The summed E-state index contributed by atoms with van der Waals surface area (Å²) in [6.45, 7) is 0. The average molecular weight is 269 g/mol. The van der Waals surface area contributed by atoms with E-state index in [1.54, 1.807) is 14.2 Å². The van der Waals surface area contributed by atoms with E-state index in [-0.39, 0.29) is 0 Å². The van der Waals surface area contributed by atoms with Gasteiger partial charge in [0.25, 0.3) is 0 Å². The molecule has 0 atom stereocenters. The summed E-state index contributed by atoms with van der Waals surface area (Å²) in [5, 5.41) is 0. The highest BCUT2D eigenvalue weighted by atomic mass is 16.5. The molecule has 5 heteroatoms. The zero-order valence-electron chi connectivity index (χ0n) is 11.3. The monoisotopic (exact) mass is 269 g/mol. The second kappa shape index (κ2) is 4.77. The largest absolute Gasteiger partial charge is 0.493 e. The molecule has 0 saturated carbocycles. The Morgan fingerprint density at radius 1 is 1.00 bits per heavy atom. The quantitative estimate of drug-likeness (QED) is 0.794. The first-order chi connectivity index (χ1) is 9.74. The smallest absolute Gasteiger partial charge is 0.205 e. The number of imidazole rings is 1. The molecule has 0 radical (unpaired) electrons. The van der Waals surface area contributed by atoms with E-state index in [2.05, 4.69) is 4.98 Å². The fourth-order valence-corrected chi connectivity index (χ4v) is 2.28. The molecular weight excluding hydrogens is 254 g/mol. The molecule has 0 amide bonds. The van der Waals surface area contributed by atoms with Crippen LogP contribution in [0.1, 0.15) is 0 Å². The molecule has 0 spiro atoms. The number of aromatic nitrogens is 2. The molecule has 0 bridgehead atoms. The number of nitrogens with zero attached hydrogens (tertiary/aromatic N) is 2. The van der Waals surface area contributed by atoms with Crippen LogP contribution in [-0.4, -0.2) is 23.8 Å². The van der Waals surface area contributed by atoms with Crippen LogP contribution >= 0.6 is 0 Å². The van der Waals surface area contributed by atoms with Crippen molar-refractivity contribution in [2.45, 2.75) is 0 Å². The van der Waals surface area contributed by atoms with Crippen molar-refractivity contribution in [1.29, 1.82) is 0 Å². The SMILES string of the molecule is COc1ccc(-n2c(N)nc3ccccc32)cc1OC. The molecule has 5 nitrogen and oxygen atoms in total. The molecule has 0 aliphatic heterocycles. The third-order valence-electron chi connectivity index (χ3n) is 3.21. The summed E-state index contributed by atoms with van der Waals surface area (Å²) < 4.78 is 12.5. The minimum Gasteiger partial charge on any atom is -0.493 e. The van der Waals surface area contributed by atoms with Crippen LogP contribution in [0.3, 0.4) is 0 Å². The molecule has 102 valence electrons. The standard InChI is InChI=1S/C15H15N3O2/c1-19-13-8-7-10(9-14(13)20-2)18-12-6-4-3-5-11(12)17-15(18)16/h3-9H,1-2H3,(H2,16,17). The van der Waals surface area contributed by atoms with Crippen molar-refractivity contribution >= 4 is 17.0 Å². The lowest BCUT2D eigenvalue weighted by Crippen LogP contribution is -2.01. The fraction of sp³-hybridized carbons (Fsp3) is 0.133. The van der Waals surface area contributed by atoms with E-state index in [9.17, 15) is 0 Å². The molecule has 0 fully saturated rings. The van der Waals surface area contributed by atoms with Crippen molar-refractivity contribution in [3.63, 3.8) is 0 Å². The summed E-state index contributed by atoms with van der Waals surface area (Å²) in [4.78, 5) is 4.36. The van der Waals surface area contributed by atoms with Gasteiger partial charge in [-0.3, -0.25) is 4.57 Å². The van der Waals surface area contributed by atoms with E-state index >= 15 is 0 Å². The number of hydrogen-bond acceptors (Lipinski definition) is 4. The third-order valence-corrected chi connectivity index (χ3v) is 3.21. The first-order valence-electron chi connectivity index (χ1n) is 6.20. The molecule has 0 aliphatic rings. The Morgan fingerprint density at radius 3 is 2.50 bits per heavy atom. The Labute approximate surface area is 116 Å². The Morgan fingerprint density at radius 2 is 1.75 bits per heavy atom. The second-order valence-corrected chi connectivity index (χ2v) is 4.33. The van der Waals surface area contributed by atoms with Crippen LogP contribution < -0.4 is 15.2 Å². The number of para-hydroxylation sites is 2. The van der Waals surface area contributed by atoms with Gasteiger partial charge in [-0.15, -0.1) is 0 Å². The number of nitrogens with two attached hydrogens (primary N) is 1. The zero-order chi connectivity index (χ0) is 14.1. The van der Waals surface area contributed by atoms with Crippen LogP contribution in [0, 0.1) is 0 Å². The summed E-state index contributed by atoms with van der Waals surface area (Å²) >= 11 is 0. The average Bonchev–Trinajstić information content (AvgIpc) is 2.82. The molecule has 1 aromatic heterocycles. The maximum absolute atomic E-state index is 6.03. The van der Waals surface area contributed by atoms with E-state index in [0.29, 0.717) is 17.4 Å². The van der Waals surface area contributed by atoms with Crippen LogP contribution in [0.15, 0.2) is 42.5 Å². The van der Waals surface area contributed by atoms with E-state index in [4.69, 9.17) is 15.2 Å². The number of ether oxygens (including phenoxy) is 2. The molecule has 2 aromatic carbocycles. The number of methoxy groups -OCH3 is 2. The summed E-state index contributed by atoms with van der Waals surface area (Å²) in [7, 11) is 3.22. The lowest BCUT2D eigenvalue weighted by atomic mass is 10.2. The van der Waals surface area contributed by atoms with Crippen LogP contribution in [0.2, 0.25) is 0 Å². The van der Waals surface area contributed by atoms with Gasteiger partial charge in [0.15, 0.2) is 11.5 Å². The van der Waals surface area contributed by atoms with Crippen molar-refractivity contribution in [2.24, 2.45) is 0 Å². The number of anilines is 1. The minimum atomic E-state index is 0.443. The zero-order valence-corrected chi connectivity index (χ0v) is 11.3. The maximum atomic E-state index is 6.03. The fourth-order valence-electron chi connectivity index (χ4n) is 2.28. The molecule has 0 saturated heterocycles. The van der Waals surface area contributed by atoms with E-state index in [1.165, 1.54) is 0 Å². The van der Waals surface area contributed by atoms with Crippen molar-refractivity contribution < 1.29 is 9.47 Å². The number of fused-ring (bicyclic) bond motifs is 1. The van der Waals surface area contributed by atoms with Gasteiger partial charge < -0.3 is 15.2 Å². The van der Waals surface area contributed by atoms with Gasteiger partial charge in [0.1, 0.15) is 0 Å². The van der Waals surface area contributed by atoms with E-state index < -0.39 is 0 Å². The highest BCUT2D eigenvalue weighted by Crippen LogP contribution is 2.31. The Balaban J connectivity index is 2.23. The molecular formula is C15H15N3O2. The van der Waals surface area contributed by atoms with Crippen LogP contribution in [0.5, 0.6) is 11.5 Å². The van der Waals surface area contributed by atoms with Gasteiger partial charge in [0, 0.05) is 6.07 Å². The Kier molecular flexibility index (Phi) is 2.95. The molecule has 20 heavy (non-hydrogen) atoms. The predicted octanol–water partition coefficient (Wildman–Crippen LogP) is 2.62. The molecule has 3 rings (SSSR count). The van der Waals surface area contributed by atoms with Gasteiger partial charge in [0.2, 0.25) is 5.95 Å². The summed E-state index contributed by atoms with van der Waals surface area (Å²) in [5.74, 6) is 1.78. The minimum absolute atomic E-state index is 0.443. The number of rotatable bonds is 3. The van der Waals surface area contributed by atoms with Gasteiger partial charge in [-0.25, -0.2) is 4.98 Å². The number of hydrogen-bond donors (Lipinski definition) is 1. The maximum Gasteiger partial charge on any atom is 0.205 e. The topological polar surface area (TPSA) is 62.3 Å². The van der Waals surface area contributed by atoms with Gasteiger partial charge in [0.05, 0.1) is 30.9 Å². The number of benzene rings is 2. The van der Waals surface area contributed by atoms with E-state index in [0.717, 1.165) is 16.7 Å². The van der Waals surface area contributed by atoms with Crippen LogP contribution in [0.4, 0.5) is 5.95 Å². The normalized spacial score (nSPS) is 10.7. The molecule has 0 unspecified atom stereocenters. The first-order valence-corrected chi connectivity index (χ1v) is 6.20. The van der Waals surface area contributed by atoms with Crippen molar-refractivity contribution in [3.8, 4) is 17.2 Å². The van der Waals surface area contributed by atoms with Crippen molar-refractivity contribution in [1.82, 2.24) is 9.55 Å². The highest BCUT2D eigenvalue weighted by Gasteiger charge is 2.12. The van der Waals surface area contributed by atoms with Crippen molar-refractivity contribution in [2.75, 3.05) is 20.0 Å². The molecule has 2 N–H and O–H groups in total. The van der Waals surface area contributed by atoms with Crippen LogP contribution in [-0.2, 0) is 0 Å². The van der Waals surface area contributed by atoms with Gasteiger partial charge >= 0.3 is 0 Å². The lowest BCUT2D eigenvalue weighted by Gasteiger charge is -2.11. The summed E-state index contributed by atoms with van der Waals surface area (Å²) in [6, 6.07) is 13.5. The second-order valence-electron chi connectivity index (χ2n) is 4.33. The third kappa shape index (κ3) is 1.84. The van der Waals surface area contributed by atoms with Crippen molar-refractivity contribution in [3.05, 3.63) is 42.5 Å². The van der Waals surface area contributed by atoms with E-state index in [1.807, 2.05) is 47.0 Å². The summed E-state index contributed by atoms with van der Waals surface area (Å²) in [6.07, 6.45) is 0. The molecule has 3 aromatic rings. The van der Waals surface area contributed by atoms with Gasteiger partial charge in [-0.1, -0.05) is 12.1 Å². The molecule has 0 aliphatic carbocycles. The first kappa shape index (κ1) is 12.3.